The Hall–Kier alpha value is -0.860. The number of amides is 1. The highest BCUT2D eigenvalue weighted by molar-refractivity contribution is 7.87. The minimum atomic E-state index is -3.78. The second-order valence-corrected chi connectivity index (χ2v) is 6.06. The van der Waals surface area contributed by atoms with E-state index in [4.69, 9.17) is 0 Å². The molecule has 1 saturated heterocycles. The topological polar surface area (TPSA) is 87.7 Å². The normalized spacial score (nSPS) is 25.7. The molecule has 1 aliphatic rings. The third-order valence-electron chi connectivity index (χ3n) is 3.07. The van der Waals surface area contributed by atoms with Gasteiger partial charge in [-0.1, -0.05) is 13.8 Å². The average Bonchev–Trinajstić information content (AvgIpc) is 2.31. The van der Waals surface area contributed by atoms with Crippen LogP contribution < -0.4 is 10.0 Å². The van der Waals surface area contributed by atoms with Crippen LogP contribution in [0.1, 0.15) is 20.3 Å². The van der Waals surface area contributed by atoms with Crippen molar-refractivity contribution < 1.29 is 17.9 Å². The summed E-state index contributed by atoms with van der Waals surface area (Å²) in [6.45, 7) is 5.67. The van der Waals surface area contributed by atoms with E-state index < -0.39 is 16.3 Å². The zero-order chi connectivity index (χ0) is 13.8. The van der Waals surface area contributed by atoms with Crippen LogP contribution in [-0.4, -0.2) is 51.6 Å². The van der Waals surface area contributed by atoms with Crippen LogP contribution in [0.25, 0.3) is 0 Å². The molecule has 1 rings (SSSR count). The zero-order valence-electron chi connectivity index (χ0n) is 11.0. The number of piperidine rings is 1. The molecule has 2 N–H and O–H groups in total. The highest BCUT2D eigenvalue weighted by Crippen LogP contribution is 2.18. The number of rotatable bonds is 4. The van der Waals surface area contributed by atoms with E-state index in [2.05, 4.69) is 10.1 Å². The highest BCUT2D eigenvalue weighted by atomic mass is 32.2. The van der Waals surface area contributed by atoms with Crippen LogP contribution in [0.2, 0.25) is 0 Å². The number of ether oxygens (including phenoxy) is 1. The van der Waals surface area contributed by atoms with Crippen molar-refractivity contribution in [3.8, 4) is 0 Å². The Bertz CT molecular complexity index is 385. The van der Waals surface area contributed by atoms with E-state index >= 15 is 0 Å². The second kappa shape index (κ2) is 6.35. The van der Waals surface area contributed by atoms with Crippen LogP contribution in [0.4, 0.5) is 4.79 Å². The van der Waals surface area contributed by atoms with Crippen LogP contribution in [0.3, 0.4) is 0 Å². The quantitative estimate of drug-likeness (QED) is 0.751. The van der Waals surface area contributed by atoms with Gasteiger partial charge in [0.15, 0.2) is 0 Å². The number of methoxy groups -OCH3 is 1. The van der Waals surface area contributed by atoms with Gasteiger partial charge in [-0.3, -0.25) is 0 Å². The number of carbonyl (C=O) groups is 1. The summed E-state index contributed by atoms with van der Waals surface area (Å²) in [5.41, 5.74) is 0. The molecule has 0 saturated carbocycles. The fraction of sp³-hybridized carbons (Fsp3) is 0.900. The van der Waals surface area contributed by atoms with E-state index in [1.807, 2.05) is 18.6 Å². The summed E-state index contributed by atoms with van der Waals surface area (Å²) in [6, 6.07) is 0.319. The van der Waals surface area contributed by atoms with Crippen molar-refractivity contribution >= 4 is 16.3 Å². The molecule has 1 heterocycles. The summed E-state index contributed by atoms with van der Waals surface area (Å²) < 4.78 is 31.2. The molecule has 0 aromatic heterocycles. The maximum atomic E-state index is 11.9. The molecular formula is C10H21N3O4S. The summed E-state index contributed by atoms with van der Waals surface area (Å²) in [6.07, 6.45) is -0.228. The van der Waals surface area contributed by atoms with Gasteiger partial charge in [0.1, 0.15) is 0 Å². The Morgan fingerprint density at radius 2 is 2.17 bits per heavy atom. The third-order valence-corrected chi connectivity index (χ3v) is 4.51. The molecular weight excluding hydrogens is 258 g/mol. The van der Waals surface area contributed by atoms with Crippen molar-refractivity contribution in [1.29, 1.82) is 0 Å². The van der Waals surface area contributed by atoms with Crippen molar-refractivity contribution in [3.05, 3.63) is 0 Å². The lowest BCUT2D eigenvalue weighted by Crippen LogP contribution is -2.53. The Morgan fingerprint density at radius 3 is 2.67 bits per heavy atom. The lowest BCUT2D eigenvalue weighted by atomic mass is 9.95. The molecule has 0 bridgehead atoms. The number of hydrogen-bond donors (Lipinski definition) is 2. The van der Waals surface area contributed by atoms with E-state index in [9.17, 15) is 13.2 Å². The zero-order valence-corrected chi connectivity index (χ0v) is 11.8. The standard InChI is InChI=1S/C10H21N3O4S/c1-4-11-9-5-6-13(7-8(9)2)18(15,16)12-10(14)17-3/h8-9,11H,4-7H2,1-3H3,(H,12,14). The van der Waals surface area contributed by atoms with Gasteiger partial charge in [-0.15, -0.1) is 0 Å². The summed E-state index contributed by atoms with van der Waals surface area (Å²) in [5.74, 6) is 0.202. The van der Waals surface area contributed by atoms with E-state index in [1.54, 1.807) is 0 Å². The van der Waals surface area contributed by atoms with Crippen molar-refractivity contribution in [2.75, 3.05) is 26.7 Å². The molecule has 0 aliphatic carbocycles. The molecule has 0 aromatic rings. The molecule has 2 unspecified atom stereocenters. The number of hydrogen-bond acceptors (Lipinski definition) is 5. The fourth-order valence-electron chi connectivity index (χ4n) is 2.10. The first-order valence-electron chi connectivity index (χ1n) is 6.00. The molecule has 7 nitrogen and oxygen atoms in total. The van der Waals surface area contributed by atoms with Gasteiger partial charge < -0.3 is 10.1 Å². The first kappa shape index (κ1) is 15.2. The Morgan fingerprint density at radius 1 is 1.50 bits per heavy atom. The van der Waals surface area contributed by atoms with Crippen LogP contribution >= 0.6 is 0 Å². The fourth-order valence-corrected chi connectivity index (χ4v) is 3.30. The molecule has 2 atom stereocenters. The van der Waals surface area contributed by atoms with Crippen LogP contribution in [0, 0.1) is 5.92 Å². The van der Waals surface area contributed by atoms with Gasteiger partial charge in [0.25, 0.3) is 0 Å². The van der Waals surface area contributed by atoms with Gasteiger partial charge >= 0.3 is 16.3 Å². The molecule has 0 spiro atoms. The number of nitrogens with zero attached hydrogens (tertiary/aromatic N) is 1. The summed E-state index contributed by atoms with van der Waals surface area (Å²) in [4.78, 5) is 11.0. The second-order valence-electron chi connectivity index (χ2n) is 4.39. The Balaban J connectivity index is 2.62. The predicted octanol–water partition coefficient (Wildman–Crippen LogP) is -0.0929. The Labute approximate surface area is 108 Å². The average molecular weight is 279 g/mol. The van der Waals surface area contributed by atoms with Crippen molar-refractivity contribution in [2.24, 2.45) is 5.92 Å². The molecule has 1 amide bonds. The van der Waals surface area contributed by atoms with Crippen molar-refractivity contribution in [2.45, 2.75) is 26.3 Å². The molecule has 1 fully saturated rings. The third kappa shape index (κ3) is 3.82. The lowest BCUT2D eigenvalue weighted by Gasteiger charge is -2.36. The number of nitrogens with one attached hydrogen (secondary N) is 2. The monoisotopic (exact) mass is 279 g/mol. The first-order chi connectivity index (χ1) is 8.40. The van der Waals surface area contributed by atoms with Crippen molar-refractivity contribution in [3.63, 3.8) is 0 Å². The summed E-state index contributed by atoms with van der Waals surface area (Å²) in [5, 5.41) is 3.32. The van der Waals surface area contributed by atoms with Crippen LogP contribution in [0.15, 0.2) is 0 Å². The molecule has 106 valence electrons. The molecule has 0 aromatic carbocycles. The minimum Gasteiger partial charge on any atom is -0.452 e. The lowest BCUT2D eigenvalue weighted by molar-refractivity contribution is 0.175. The summed E-state index contributed by atoms with van der Waals surface area (Å²) in [7, 11) is -2.66. The van der Waals surface area contributed by atoms with Crippen LogP contribution in [0.5, 0.6) is 0 Å². The van der Waals surface area contributed by atoms with Gasteiger partial charge in [0.05, 0.1) is 7.11 Å². The maximum absolute atomic E-state index is 11.9. The highest BCUT2D eigenvalue weighted by Gasteiger charge is 2.33. The molecule has 1 aliphatic heterocycles. The smallest absolute Gasteiger partial charge is 0.421 e. The maximum Gasteiger partial charge on any atom is 0.421 e. The van der Waals surface area contributed by atoms with E-state index in [0.717, 1.165) is 20.1 Å². The first-order valence-corrected chi connectivity index (χ1v) is 7.44. The largest absolute Gasteiger partial charge is 0.452 e. The Kier molecular flexibility index (Phi) is 5.36. The minimum absolute atomic E-state index is 0.202. The van der Waals surface area contributed by atoms with Gasteiger partial charge in [-0.2, -0.15) is 12.7 Å². The van der Waals surface area contributed by atoms with Crippen LogP contribution in [-0.2, 0) is 14.9 Å². The van der Waals surface area contributed by atoms with Gasteiger partial charge in [0, 0.05) is 19.1 Å². The predicted molar refractivity (Wildman–Crippen MR) is 67.3 cm³/mol. The SMILES string of the molecule is CCNC1CCN(S(=O)(=O)NC(=O)OC)CC1C. The van der Waals surface area contributed by atoms with E-state index in [-0.39, 0.29) is 5.92 Å². The molecule has 8 heteroatoms. The summed E-state index contributed by atoms with van der Waals surface area (Å²) >= 11 is 0. The van der Waals surface area contributed by atoms with Gasteiger partial charge in [-0.05, 0) is 18.9 Å². The molecule has 18 heavy (non-hydrogen) atoms. The van der Waals surface area contributed by atoms with E-state index in [0.29, 0.717) is 19.1 Å². The molecule has 0 radical (unpaired) electrons. The van der Waals surface area contributed by atoms with Crippen molar-refractivity contribution in [1.82, 2.24) is 14.3 Å². The van der Waals surface area contributed by atoms with Gasteiger partial charge in [-0.25, -0.2) is 9.52 Å². The van der Waals surface area contributed by atoms with E-state index in [1.165, 1.54) is 4.31 Å². The number of carbonyl (C=O) groups excluding carboxylic acids is 1. The van der Waals surface area contributed by atoms with Gasteiger partial charge in [0.2, 0.25) is 0 Å².